The van der Waals surface area contributed by atoms with Gasteiger partial charge in [-0.1, -0.05) is 6.92 Å². The van der Waals surface area contributed by atoms with E-state index in [2.05, 4.69) is 30.5 Å². The van der Waals surface area contributed by atoms with Gasteiger partial charge in [0.1, 0.15) is 5.76 Å². The van der Waals surface area contributed by atoms with Gasteiger partial charge in [0.05, 0.1) is 18.5 Å². The van der Waals surface area contributed by atoms with E-state index in [4.69, 9.17) is 4.42 Å². The van der Waals surface area contributed by atoms with Crippen LogP contribution in [0, 0.1) is 0 Å². The molecule has 4 nitrogen and oxygen atoms in total. The molecule has 0 saturated carbocycles. The molecule has 0 bridgehead atoms. The largest absolute Gasteiger partial charge is 0.467 e. The lowest BCUT2D eigenvalue weighted by molar-refractivity contribution is 0.452. The highest BCUT2D eigenvalue weighted by molar-refractivity contribution is 5.21. The monoisotopic (exact) mass is 219 g/mol. The summed E-state index contributed by atoms with van der Waals surface area (Å²) < 4.78 is 7.37. The Hall–Kier alpha value is -1.55. The van der Waals surface area contributed by atoms with Gasteiger partial charge >= 0.3 is 0 Å². The van der Waals surface area contributed by atoms with Crippen molar-refractivity contribution in [2.24, 2.45) is 0 Å². The van der Waals surface area contributed by atoms with Crippen LogP contribution >= 0.6 is 0 Å². The van der Waals surface area contributed by atoms with Crippen molar-refractivity contribution in [1.29, 1.82) is 0 Å². The summed E-state index contributed by atoms with van der Waals surface area (Å²) in [6, 6.07) is 3.99. The average molecular weight is 219 g/mol. The average Bonchev–Trinajstić information content (AvgIpc) is 2.97. The van der Waals surface area contributed by atoms with Crippen molar-refractivity contribution in [3.63, 3.8) is 0 Å². The van der Waals surface area contributed by atoms with E-state index in [1.165, 1.54) is 0 Å². The third kappa shape index (κ3) is 2.17. The van der Waals surface area contributed by atoms with Crippen LogP contribution in [0.2, 0.25) is 0 Å². The number of nitrogens with zero attached hydrogens (tertiary/aromatic N) is 2. The second-order valence-electron chi connectivity index (χ2n) is 3.64. The Morgan fingerprint density at radius 1 is 1.50 bits per heavy atom. The van der Waals surface area contributed by atoms with Crippen molar-refractivity contribution >= 4 is 0 Å². The smallest absolute Gasteiger partial charge is 0.125 e. The van der Waals surface area contributed by atoms with E-state index in [0.717, 1.165) is 24.4 Å². The van der Waals surface area contributed by atoms with Gasteiger partial charge in [-0.25, -0.2) is 0 Å². The summed E-state index contributed by atoms with van der Waals surface area (Å²) in [5, 5.41) is 7.67. The van der Waals surface area contributed by atoms with E-state index in [-0.39, 0.29) is 6.04 Å². The van der Waals surface area contributed by atoms with Gasteiger partial charge < -0.3 is 9.73 Å². The first-order valence-electron chi connectivity index (χ1n) is 5.64. The van der Waals surface area contributed by atoms with Gasteiger partial charge in [-0.05, 0) is 25.6 Å². The molecule has 0 radical (unpaired) electrons. The van der Waals surface area contributed by atoms with Crippen LogP contribution in [0.15, 0.2) is 35.2 Å². The Bertz CT molecular complexity index is 419. The minimum Gasteiger partial charge on any atom is -0.467 e. The number of hydrogen-bond acceptors (Lipinski definition) is 3. The Labute approximate surface area is 95.3 Å². The predicted molar refractivity (Wildman–Crippen MR) is 62.1 cm³/mol. The number of hydrogen-bond donors (Lipinski definition) is 1. The van der Waals surface area contributed by atoms with Gasteiger partial charge in [-0.3, -0.25) is 4.68 Å². The molecule has 0 aliphatic rings. The number of nitrogens with one attached hydrogen (secondary N) is 1. The van der Waals surface area contributed by atoms with Crippen LogP contribution in [0.25, 0.3) is 0 Å². The van der Waals surface area contributed by atoms with Crippen molar-refractivity contribution < 1.29 is 4.42 Å². The van der Waals surface area contributed by atoms with Crippen LogP contribution in [-0.2, 0) is 6.54 Å². The molecule has 1 unspecified atom stereocenters. The Morgan fingerprint density at radius 2 is 2.38 bits per heavy atom. The zero-order valence-electron chi connectivity index (χ0n) is 9.68. The summed E-state index contributed by atoms with van der Waals surface area (Å²) in [5.41, 5.74) is 1.14. The van der Waals surface area contributed by atoms with Crippen molar-refractivity contribution in [3.05, 3.63) is 42.1 Å². The Kier molecular flexibility index (Phi) is 3.41. The molecule has 2 rings (SSSR count). The maximum absolute atomic E-state index is 5.45. The molecule has 2 aromatic rings. The highest BCUT2D eigenvalue weighted by Crippen LogP contribution is 2.21. The summed E-state index contributed by atoms with van der Waals surface area (Å²) >= 11 is 0. The molecule has 16 heavy (non-hydrogen) atoms. The molecular formula is C12H17N3O. The zero-order chi connectivity index (χ0) is 11.4. The molecular weight excluding hydrogens is 202 g/mol. The molecule has 4 heteroatoms. The molecule has 0 aromatic carbocycles. The van der Waals surface area contributed by atoms with Gasteiger partial charge in [0.25, 0.3) is 0 Å². The molecule has 0 amide bonds. The first-order chi connectivity index (χ1) is 7.85. The van der Waals surface area contributed by atoms with Gasteiger partial charge in [-0.15, -0.1) is 0 Å². The summed E-state index contributed by atoms with van der Waals surface area (Å²) in [5.74, 6) is 0.928. The lowest BCUT2D eigenvalue weighted by atomic mass is 10.1. The third-order valence-electron chi connectivity index (χ3n) is 2.55. The van der Waals surface area contributed by atoms with Gasteiger partial charge in [0.15, 0.2) is 0 Å². The Morgan fingerprint density at radius 3 is 2.94 bits per heavy atom. The fourth-order valence-corrected chi connectivity index (χ4v) is 1.74. The summed E-state index contributed by atoms with van der Waals surface area (Å²) in [6.45, 7) is 5.94. The summed E-state index contributed by atoms with van der Waals surface area (Å²) in [7, 11) is 0. The van der Waals surface area contributed by atoms with E-state index in [9.17, 15) is 0 Å². The molecule has 0 aliphatic heterocycles. The number of aryl methyl sites for hydroxylation is 1. The molecule has 1 atom stereocenters. The number of rotatable bonds is 5. The number of aromatic nitrogens is 2. The van der Waals surface area contributed by atoms with E-state index >= 15 is 0 Å². The fraction of sp³-hybridized carbons (Fsp3) is 0.417. The van der Waals surface area contributed by atoms with Gasteiger partial charge in [0, 0.05) is 18.3 Å². The molecule has 2 aromatic heterocycles. The molecule has 0 aliphatic carbocycles. The highest BCUT2D eigenvalue weighted by atomic mass is 16.3. The standard InChI is InChI=1S/C12H17N3O/c1-3-13-12(11-6-5-7-16-11)10-8-14-15(4-2)9-10/h5-9,12-13H,3-4H2,1-2H3. The Balaban J connectivity index is 2.25. The molecule has 0 spiro atoms. The van der Waals surface area contributed by atoms with E-state index in [1.807, 2.05) is 23.0 Å². The molecule has 1 N–H and O–H groups in total. The topological polar surface area (TPSA) is 43.0 Å². The van der Waals surface area contributed by atoms with Crippen LogP contribution in [0.1, 0.15) is 31.2 Å². The van der Waals surface area contributed by atoms with Crippen molar-refractivity contribution in [1.82, 2.24) is 15.1 Å². The van der Waals surface area contributed by atoms with Gasteiger partial charge in [-0.2, -0.15) is 5.10 Å². The second kappa shape index (κ2) is 4.99. The summed E-state index contributed by atoms with van der Waals surface area (Å²) in [6.07, 6.45) is 5.64. The van der Waals surface area contributed by atoms with Crippen molar-refractivity contribution in [2.45, 2.75) is 26.4 Å². The first kappa shape index (κ1) is 11.0. The predicted octanol–water partition coefficient (Wildman–Crippen LogP) is 2.19. The molecule has 2 heterocycles. The van der Waals surface area contributed by atoms with Crippen LogP contribution in [0.3, 0.4) is 0 Å². The minimum atomic E-state index is 0.0975. The third-order valence-corrected chi connectivity index (χ3v) is 2.55. The molecule has 86 valence electrons. The lowest BCUT2D eigenvalue weighted by Crippen LogP contribution is -2.21. The maximum Gasteiger partial charge on any atom is 0.125 e. The minimum absolute atomic E-state index is 0.0975. The van der Waals surface area contributed by atoms with Crippen LogP contribution in [-0.4, -0.2) is 16.3 Å². The van der Waals surface area contributed by atoms with E-state index in [0.29, 0.717) is 0 Å². The highest BCUT2D eigenvalue weighted by Gasteiger charge is 2.16. The number of furan rings is 1. The fourth-order valence-electron chi connectivity index (χ4n) is 1.74. The van der Waals surface area contributed by atoms with E-state index in [1.54, 1.807) is 6.26 Å². The molecule has 0 fully saturated rings. The van der Waals surface area contributed by atoms with Crippen molar-refractivity contribution in [3.8, 4) is 0 Å². The van der Waals surface area contributed by atoms with Gasteiger partial charge in [0.2, 0.25) is 0 Å². The van der Waals surface area contributed by atoms with Crippen molar-refractivity contribution in [2.75, 3.05) is 6.54 Å². The van der Waals surface area contributed by atoms with E-state index < -0.39 is 0 Å². The quantitative estimate of drug-likeness (QED) is 0.838. The first-order valence-corrected chi connectivity index (χ1v) is 5.64. The van der Waals surface area contributed by atoms with Crippen LogP contribution in [0.5, 0.6) is 0 Å². The molecule has 0 saturated heterocycles. The maximum atomic E-state index is 5.45. The summed E-state index contributed by atoms with van der Waals surface area (Å²) in [4.78, 5) is 0. The second-order valence-corrected chi connectivity index (χ2v) is 3.64. The normalized spacial score (nSPS) is 12.9. The van der Waals surface area contributed by atoms with Crippen LogP contribution < -0.4 is 5.32 Å². The lowest BCUT2D eigenvalue weighted by Gasteiger charge is -2.13. The van der Waals surface area contributed by atoms with Crippen LogP contribution in [0.4, 0.5) is 0 Å². The SMILES string of the molecule is CCNC(c1cnn(CC)c1)c1ccco1. The zero-order valence-corrected chi connectivity index (χ0v) is 9.68.